The second kappa shape index (κ2) is 31.4. The summed E-state index contributed by atoms with van der Waals surface area (Å²) < 4.78 is 25.3. The van der Waals surface area contributed by atoms with Crippen LogP contribution in [0.4, 0.5) is 0 Å². The van der Waals surface area contributed by atoms with E-state index < -0.39 is 0 Å². The van der Waals surface area contributed by atoms with Gasteiger partial charge in [0.2, 0.25) is 0 Å². The third-order valence-electron chi connectivity index (χ3n) is 30.0. The first-order chi connectivity index (χ1) is 68.7. The summed E-state index contributed by atoms with van der Waals surface area (Å²) in [5.41, 5.74) is 33.5. The van der Waals surface area contributed by atoms with Gasteiger partial charge in [-0.3, -0.25) is 0 Å². The second-order valence-electron chi connectivity index (χ2n) is 37.7. The minimum absolute atomic E-state index is 0.202. The molecule has 0 saturated heterocycles. The van der Waals surface area contributed by atoms with Crippen molar-refractivity contribution in [2.24, 2.45) is 7.05 Å². The molecule has 0 saturated carbocycles. The molecule has 5 aromatic heterocycles. The van der Waals surface area contributed by atoms with Crippen LogP contribution in [0.1, 0.15) is 25.0 Å². The molecule has 5 nitrogen and oxygen atoms in total. The normalized spacial score (nSPS) is 12.5. The second-order valence-corrected chi connectivity index (χ2v) is 37.7. The summed E-state index contributed by atoms with van der Waals surface area (Å²) in [6.07, 6.45) is 0. The highest BCUT2D eigenvalue weighted by atomic mass is 16.3. The lowest BCUT2D eigenvalue weighted by atomic mass is 9.79. The van der Waals surface area contributed by atoms with E-state index in [1.807, 2.05) is 0 Å². The van der Waals surface area contributed by atoms with Crippen molar-refractivity contribution < 1.29 is 13.3 Å². The Morgan fingerprint density at radius 1 is 0.194 bits per heavy atom. The summed E-state index contributed by atoms with van der Waals surface area (Å²) in [6.45, 7) is 4.75. The number of rotatable bonds is 8. The van der Waals surface area contributed by atoms with Gasteiger partial charge in [0.25, 0.3) is 0 Å². The van der Waals surface area contributed by atoms with Crippen LogP contribution in [0, 0.1) is 0 Å². The molecule has 0 unspecified atom stereocenters. The number of furan rings is 3. The fraction of sp³-hybridized carbons (Fsp3) is 0.0299. The van der Waals surface area contributed by atoms with Crippen LogP contribution in [0.15, 0.2) is 480 Å². The molecule has 29 aromatic rings. The van der Waals surface area contributed by atoms with Gasteiger partial charge in [-0.25, -0.2) is 0 Å². The molecule has 5 heterocycles. The van der Waals surface area contributed by atoms with E-state index in [2.05, 4.69) is 497 Å². The SMILES string of the molecule is CC1(C)c2ccc3ccccc3c2-c2c1cc(-c1c3ccccc3c(-c3ccccc3)c3ccccc13)c1c2oc2ccccc21.Cn1c2ccccc2c2cccc(-c3cc(-c4c5ccccc5c(-c5ccccc5)c5ccccc45)cc4c3oc3ccccc34)c21.c1ccc(-c2c3ccccc3c(-c3ccc(-n4c5ccccc5c5ccccc54)c4oc5ccccc5c34)c3ccccc23)cc1. The fourth-order valence-corrected chi connectivity index (χ4v) is 24.1. The molecule has 0 fully saturated rings. The topological polar surface area (TPSA) is 49.3 Å². The Morgan fingerprint density at radius 2 is 0.547 bits per heavy atom. The molecule has 0 atom stereocenters. The number of nitrogens with zero attached hydrogens (tertiary/aromatic N) is 2. The average Bonchev–Trinajstić information content (AvgIpc) is 1.51. The lowest BCUT2D eigenvalue weighted by Gasteiger charge is -2.23. The molecule has 650 valence electrons. The maximum absolute atomic E-state index is 6.97. The van der Waals surface area contributed by atoms with E-state index >= 15 is 0 Å². The van der Waals surface area contributed by atoms with E-state index in [0.29, 0.717) is 0 Å². The molecule has 30 rings (SSSR count). The number of fused-ring (bicyclic) bond motifs is 27. The largest absolute Gasteiger partial charge is 0.455 e. The molecule has 0 amide bonds. The van der Waals surface area contributed by atoms with Gasteiger partial charge < -0.3 is 22.4 Å². The van der Waals surface area contributed by atoms with Crippen LogP contribution >= 0.6 is 0 Å². The zero-order valence-electron chi connectivity index (χ0n) is 76.6. The minimum atomic E-state index is -0.202. The first-order valence-electron chi connectivity index (χ1n) is 48.1. The van der Waals surface area contributed by atoms with Crippen molar-refractivity contribution >= 4 is 185 Å². The highest BCUT2D eigenvalue weighted by Crippen LogP contribution is 2.60. The number of hydrogen-bond acceptors (Lipinski definition) is 3. The van der Waals surface area contributed by atoms with Crippen molar-refractivity contribution in [1.82, 2.24) is 9.13 Å². The number of aromatic nitrogens is 2. The predicted octanol–water partition coefficient (Wildman–Crippen LogP) is 37.5. The Balaban J connectivity index is 0.000000103. The van der Waals surface area contributed by atoms with Gasteiger partial charge in [-0.05, 0) is 220 Å². The standard InChI is InChI=1S/C45H29NO.C45H30O.C44H27NO/c1-46-40-24-11-9-16-30(40)36-22-13-23-37(44(36)46)39-27-29(26-38-31-17-10-12-25-41(31)47-45(38)39)43-34-20-7-5-18-32(34)42(28-14-3-2-4-15-28)33-19-6-8-21-35(33)43;1-45(2)36-25-24-27-14-6-7-17-29(27)42(36)43-37(45)26-35(41-34-22-12-13-23-38(34)46-44(41)43)40-32-20-10-8-18-30(32)39(28-15-4-3-5-16-28)31-19-9-11-21-33(31)40;1-2-14-28(15-3-1)41-31-18-4-6-20-33(31)42(34-21-7-5-19-32(34)41)36-26-27-39(44-43(36)35-22-10-13-25-40(35)46-44)45-37-23-11-8-16-29(37)30-17-9-12-24-38(30)45/h2-27H,1H3;3-26H,1-2H3;1-27H. The van der Waals surface area contributed by atoms with Crippen LogP contribution in [0.25, 0.3) is 280 Å². The molecule has 0 aliphatic heterocycles. The number of hydrogen-bond donors (Lipinski definition) is 0. The number of para-hydroxylation sites is 7. The summed E-state index contributed by atoms with van der Waals surface area (Å²) in [5, 5.41) is 29.4. The Morgan fingerprint density at radius 3 is 1.03 bits per heavy atom. The third-order valence-corrected chi connectivity index (χ3v) is 30.0. The number of benzene rings is 24. The van der Waals surface area contributed by atoms with Gasteiger partial charge in [-0.2, -0.15) is 0 Å². The summed E-state index contributed by atoms with van der Waals surface area (Å²) in [6, 6.07) is 169. The van der Waals surface area contributed by atoms with Crippen molar-refractivity contribution in [3.8, 4) is 94.7 Å². The molecule has 1 aliphatic rings. The molecule has 0 bridgehead atoms. The maximum Gasteiger partial charge on any atom is 0.160 e. The predicted molar refractivity (Wildman–Crippen MR) is 588 cm³/mol. The Hall–Kier alpha value is -17.9. The quantitative estimate of drug-likeness (QED) is 0.142. The van der Waals surface area contributed by atoms with Gasteiger partial charge in [0.15, 0.2) is 5.58 Å². The molecule has 1 aliphatic carbocycles. The third kappa shape index (κ3) is 12.0. The summed E-state index contributed by atoms with van der Waals surface area (Å²) in [4.78, 5) is 0. The van der Waals surface area contributed by atoms with Crippen molar-refractivity contribution in [3.05, 3.63) is 478 Å². The zero-order valence-corrected chi connectivity index (χ0v) is 76.6. The first kappa shape index (κ1) is 79.6. The van der Waals surface area contributed by atoms with E-state index in [4.69, 9.17) is 13.3 Å². The van der Waals surface area contributed by atoms with E-state index in [1.54, 1.807) is 0 Å². The highest BCUT2D eigenvalue weighted by molar-refractivity contribution is 6.31. The molecule has 0 radical (unpaired) electrons. The molecule has 139 heavy (non-hydrogen) atoms. The van der Waals surface area contributed by atoms with E-state index in [0.717, 1.165) is 71.7 Å². The van der Waals surface area contributed by atoms with Crippen molar-refractivity contribution in [2.45, 2.75) is 19.3 Å². The molecular weight excluding hydrogens is 1690 g/mol. The van der Waals surface area contributed by atoms with E-state index in [1.165, 1.54) is 219 Å². The van der Waals surface area contributed by atoms with Gasteiger partial charge in [0.05, 0.1) is 22.2 Å². The average molecular weight is 1770 g/mol. The Bertz CT molecular complexity index is 9980. The van der Waals surface area contributed by atoms with Gasteiger partial charge >= 0.3 is 0 Å². The monoisotopic (exact) mass is 1770 g/mol. The van der Waals surface area contributed by atoms with Crippen molar-refractivity contribution in [3.63, 3.8) is 0 Å². The molecular formula is C134H86N2O3. The Kier molecular flexibility index (Phi) is 18.0. The van der Waals surface area contributed by atoms with Crippen LogP contribution in [0.3, 0.4) is 0 Å². The molecule has 0 spiro atoms. The summed E-state index contributed by atoms with van der Waals surface area (Å²) in [5.74, 6) is 0. The van der Waals surface area contributed by atoms with Crippen LogP contribution in [-0.4, -0.2) is 9.13 Å². The van der Waals surface area contributed by atoms with E-state index in [9.17, 15) is 0 Å². The van der Waals surface area contributed by atoms with Gasteiger partial charge in [0, 0.05) is 88.5 Å². The van der Waals surface area contributed by atoms with Crippen molar-refractivity contribution in [2.75, 3.05) is 0 Å². The minimum Gasteiger partial charge on any atom is -0.455 e. The summed E-state index contributed by atoms with van der Waals surface area (Å²) in [7, 11) is 2.18. The van der Waals surface area contributed by atoms with Gasteiger partial charge in [0.1, 0.15) is 27.9 Å². The molecule has 5 heteroatoms. The van der Waals surface area contributed by atoms with Crippen LogP contribution in [0.2, 0.25) is 0 Å². The smallest absolute Gasteiger partial charge is 0.160 e. The van der Waals surface area contributed by atoms with Crippen molar-refractivity contribution in [1.29, 1.82) is 0 Å². The number of aryl methyl sites for hydroxylation is 1. The van der Waals surface area contributed by atoms with Crippen LogP contribution < -0.4 is 0 Å². The molecule has 24 aromatic carbocycles. The molecule has 0 N–H and O–H groups in total. The fourth-order valence-electron chi connectivity index (χ4n) is 24.1. The maximum atomic E-state index is 6.97. The van der Waals surface area contributed by atoms with Crippen LogP contribution in [-0.2, 0) is 12.5 Å². The lowest BCUT2D eigenvalue weighted by Crippen LogP contribution is -2.15. The lowest BCUT2D eigenvalue weighted by molar-refractivity contribution is 0.653. The highest BCUT2D eigenvalue weighted by Gasteiger charge is 2.41. The summed E-state index contributed by atoms with van der Waals surface area (Å²) >= 11 is 0. The zero-order chi connectivity index (χ0) is 91.8. The van der Waals surface area contributed by atoms with Gasteiger partial charge in [-0.15, -0.1) is 0 Å². The Labute approximate surface area is 800 Å². The first-order valence-corrected chi connectivity index (χ1v) is 48.1. The van der Waals surface area contributed by atoms with E-state index in [-0.39, 0.29) is 5.41 Å². The van der Waals surface area contributed by atoms with Crippen LogP contribution in [0.5, 0.6) is 0 Å². The van der Waals surface area contributed by atoms with Gasteiger partial charge in [-0.1, -0.05) is 420 Å².